The smallest absolute Gasteiger partial charge is 0.256 e. The van der Waals surface area contributed by atoms with Crippen LogP contribution in [0.3, 0.4) is 0 Å². The summed E-state index contributed by atoms with van der Waals surface area (Å²) in [5, 5.41) is 4.05. The fraction of sp³-hybridized carbons (Fsp3) is 0.550. The Morgan fingerprint density at radius 2 is 1.97 bits per heavy atom. The molecule has 1 aromatic carbocycles. The highest BCUT2D eigenvalue weighted by Crippen LogP contribution is 2.36. The van der Waals surface area contributed by atoms with Crippen LogP contribution in [0, 0.1) is 11.6 Å². The molecule has 0 spiro atoms. The summed E-state index contributed by atoms with van der Waals surface area (Å²) in [4.78, 5) is 4.21. The van der Waals surface area contributed by atoms with Gasteiger partial charge in [-0.3, -0.25) is 9.80 Å². The van der Waals surface area contributed by atoms with Crippen LogP contribution in [-0.2, 0) is 23.1 Å². The molecule has 7 nitrogen and oxygen atoms in total. The van der Waals surface area contributed by atoms with Crippen LogP contribution in [0.5, 0.6) is 0 Å². The Labute approximate surface area is 174 Å². The van der Waals surface area contributed by atoms with Crippen LogP contribution < -0.4 is 5.73 Å². The number of hydrogen-bond acceptors (Lipinski definition) is 6. The van der Waals surface area contributed by atoms with Gasteiger partial charge in [0.2, 0.25) is 0 Å². The Hall–Kier alpha value is -1.88. The average Bonchev–Trinajstić information content (AvgIpc) is 3.35. The second kappa shape index (κ2) is 7.08. The van der Waals surface area contributed by atoms with Crippen molar-refractivity contribution in [3.63, 3.8) is 0 Å². The van der Waals surface area contributed by atoms with E-state index in [9.17, 15) is 17.2 Å². The van der Waals surface area contributed by atoms with Crippen LogP contribution in [0.2, 0.25) is 0 Å². The minimum atomic E-state index is -3.36. The lowest BCUT2D eigenvalue weighted by molar-refractivity contribution is 0.0585. The van der Waals surface area contributed by atoms with Crippen molar-refractivity contribution in [2.24, 2.45) is 5.73 Å². The zero-order valence-corrected chi connectivity index (χ0v) is 17.5. The third-order valence-electron chi connectivity index (χ3n) is 6.51. The van der Waals surface area contributed by atoms with Crippen molar-refractivity contribution >= 4 is 10.0 Å². The summed E-state index contributed by atoms with van der Waals surface area (Å²) < 4.78 is 53.9. The molecule has 2 fully saturated rings. The van der Waals surface area contributed by atoms with Crippen molar-refractivity contribution in [1.29, 1.82) is 0 Å². The number of likely N-dealkylation sites (N-methyl/N-ethyl adjacent to an activating group) is 1. The predicted octanol–water partition coefficient (Wildman–Crippen LogP) is 1.59. The predicted molar refractivity (Wildman–Crippen MR) is 107 cm³/mol. The van der Waals surface area contributed by atoms with Gasteiger partial charge in [0.15, 0.2) is 0 Å². The number of nitrogens with two attached hydrogens (primary N) is 1. The molecule has 2 aromatic rings. The number of benzene rings is 1. The first-order valence-corrected chi connectivity index (χ1v) is 11.7. The van der Waals surface area contributed by atoms with E-state index in [0.717, 1.165) is 27.5 Å². The zero-order chi connectivity index (χ0) is 21.2. The van der Waals surface area contributed by atoms with Crippen LogP contribution in [0.1, 0.15) is 42.1 Å². The van der Waals surface area contributed by atoms with Crippen molar-refractivity contribution < 1.29 is 17.2 Å². The lowest BCUT2D eigenvalue weighted by Crippen LogP contribution is -2.54. The largest absolute Gasteiger partial charge is 0.326 e. The molecule has 1 saturated heterocycles. The SMILES string of the molecule is CN1C[C@H](N2Cc3cn(S(=O)(=O)C4CC4)nc3C2)C[C@H](N)[C@H]1c1cc(F)ccc1F. The molecular weight excluding hydrogens is 412 g/mol. The van der Waals surface area contributed by atoms with E-state index < -0.39 is 27.7 Å². The molecular formula is C20H25F2N5O2S. The quantitative estimate of drug-likeness (QED) is 0.782. The van der Waals surface area contributed by atoms with E-state index in [1.54, 1.807) is 6.20 Å². The molecule has 3 aliphatic rings. The van der Waals surface area contributed by atoms with Gasteiger partial charge in [-0.05, 0) is 44.5 Å². The molecule has 1 aromatic heterocycles. The molecule has 2 N–H and O–H groups in total. The Balaban J connectivity index is 1.30. The molecule has 2 aliphatic heterocycles. The standard InChI is InChI=1S/C20H25F2N5O2S/c1-25-10-14(7-18(23)20(25)16-6-13(21)2-5-17(16)22)26-8-12-9-27(24-19(12)11-26)30(28,29)15-3-4-15/h2,5-6,9,14-15,18,20H,3-4,7-8,10-11,23H2,1H3/t14-,18+,20-/m1/s1. The number of likely N-dealkylation sites (tertiary alicyclic amines) is 1. The van der Waals surface area contributed by atoms with Gasteiger partial charge >= 0.3 is 0 Å². The molecule has 3 atom stereocenters. The van der Waals surface area contributed by atoms with Crippen LogP contribution in [0.4, 0.5) is 8.78 Å². The molecule has 1 saturated carbocycles. The van der Waals surface area contributed by atoms with Gasteiger partial charge in [-0.2, -0.15) is 9.19 Å². The van der Waals surface area contributed by atoms with Gasteiger partial charge in [0.25, 0.3) is 10.0 Å². The van der Waals surface area contributed by atoms with E-state index in [1.807, 2.05) is 11.9 Å². The van der Waals surface area contributed by atoms with Gasteiger partial charge in [-0.25, -0.2) is 17.2 Å². The van der Waals surface area contributed by atoms with E-state index >= 15 is 0 Å². The number of halogens is 2. The van der Waals surface area contributed by atoms with Crippen molar-refractivity contribution in [2.75, 3.05) is 13.6 Å². The first-order chi connectivity index (χ1) is 14.2. The Morgan fingerprint density at radius 1 is 1.20 bits per heavy atom. The zero-order valence-electron chi connectivity index (χ0n) is 16.7. The number of hydrogen-bond donors (Lipinski definition) is 1. The van der Waals surface area contributed by atoms with Crippen molar-refractivity contribution in [3.8, 4) is 0 Å². The molecule has 0 bridgehead atoms. The monoisotopic (exact) mass is 437 g/mol. The second-order valence-electron chi connectivity index (χ2n) is 8.73. The fourth-order valence-electron chi connectivity index (χ4n) is 4.82. The maximum atomic E-state index is 14.3. The van der Waals surface area contributed by atoms with E-state index in [4.69, 9.17) is 5.73 Å². The van der Waals surface area contributed by atoms with Gasteiger partial charge in [0, 0.05) is 49.0 Å². The Kier molecular flexibility index (Phi) is 4.73. The second-order valence-corrected chi connectivity index (χ2v) is 10.8. The van der Waals surface area contributed by atoms with Crippen molar-refractivity contribution in [1.82, 2.24) is 19.0 Å². The topological polar surface area (TPSA) is 84.5 Å². The minimum absolute atomic E-state index is 0.126. The van der Waals surface area contributed by atoms with Crippen molar-refractivity contribution in [3.05, 3.63) is 52.9 Å². The number of rotatable bonds is 4. The van der Waals surface area contributed by atoms with Gasteiger partial charge in [0.1, 0.15) is 11.6 Å². The summed E-state index contributed by atoms with van der Waals surface area (Å²) in [5.74, 6) is -0.925. The summed E-state index contributed by atoms with van der Waals surface area (Å²) in [5.41, 5.74) is 8.42. The average molecular weight is 438 g/mol. The number of aromatic nitrogens is 2. The minimum Gasteiger partial charge on any atom is -0.326 e. The van der Waals surface area contributed by atoms with E-state index in [1.165, 1.54) is 6.07 Å². The fourth-order valence-corrected chi connectivity index (χ4v) is 6.35. The highest BCUT2D eigenvalue weighted by molar-refractivity contribution is 7.90. The van der Waals surface area contributed by atoms with Crippen LogP contribution in [0.25, 0.3) is 0 Å². The lowest BCUT2D eigenvalue weighted by atomic mass is 9.88. The van der Waals surface area contributed by atoms with E-state index in [0.29, 0.717) is 38.9 Å². The molecule has 5 rings (SSSR count). The highest BCUT2D eigenvalue weighted by atomic mass is 32.2. The molecule has 1 aliphatic carbocycles. The van der Waals surface area contributed by atoms with Gasteiger partial charge < -0.3 is 5.73 Å². The van der Waals surface area contributed by atoms with Crippen molar-refractivity contribution in [2.45, 2.75) is 55.7 Å². The summed E-state index contributed by atoms with van der Waals surface area (Å²) in [6, 6.07) is 2.86. The molecule has 0 radical (unpaired) electrons. The highest BCUT2D eigenvalue weighted by Gasteiger charge is 2.41. The third kappa shape index (κ3) is 3.35. The number of nitrogens with zero attached hydrogens (tertiary/aromatic N) is 4. The number of piperidine rings is 1. The molecule has 3 heterocycles. The van der Waals surface area contributed by atoms with Crippen LogP contribution in [-0.4, -0.2) is 58.3 Å². The molecule has 30 heavy (non-hydrogen) atoms. The number of fused-ring (bicyclic) bond motifs is 1. The van der Waals surface area contributed by atoms with Gasteiger partial charge in [-0.15, -0.1) is 0 Å². The molecule has 0 amide bonds. The maximum absolute atomic E-state index is 14.3. The van der Waals surface area contributed by atoms with E-state index in [-0.39, 0.29) is 22.9 Å². The summed E-state index contributed by atoms with van der Waals surface area (Å²) in [7, 11) is -1.48. The third-order valence-corrected chi connectivity index (χ3v) is 8.53. The van der Waals surface area contributed by atoms with Crippen LogP contribution >= 0.6 is 0 Å². The molecule has 10 heteroatoms. The summed E-state index contributed by atoms with van der Waals surface area (Å²) in [6.45, 7) is 1.82. The Bertz CT molecular complexity index is 1050. The van der Waals surface area contributed by atoms with Gasteiger partial charge in [0.05, 0.1) is 17.0 Å². The molecule has 0 unspecified atom stereocenters. The summed E-state index contributed by atoms with van der Waals surface area (Å²) in [6.07, 6.45) is 3.69. The molecule has 162 valence electrons. The maximum Gasteiger partial charge on any atom is 0.256 e. The van der Waals surface area contributed by atoms with Crippen LogP contribution in [0.15, 0.2) is 24.4 Å². The normalized spacial score (nSPS) is 28.1. The first-order valence-electron chi connectivity index (χ1n) is 10.2. The van der Waals surface area contributed by atoms with Gasteiger partial charge in [-0.1, -0.05) is 0 Å². The lowest BCUT2D eigenvalue weighted by Gasteiger charge is -2.44. The summed E-state index contributed by atoms with van der Waals surface area (Å²) >= 11 is 0. The van der Waals surface area contributed by atoms with E-state index in [2.05, 4.69) is 10.00 Å². The Morgan fingerprint density at radius 3 is 2.63 bits per heavy atom. The first kappa shape index (κ1) is 20.0.